The van der Waals surface area contributed by atoms with Crippen LogP contribution >= 0.6 is 11.3 Å². The molecule has 1 rings (SSSR count). The third-order valence-electron chi connectivity index (χ3n) is 1.91. The number of amides is 1. The molecule has 1 unspecified atom stereocenters. The molecular weight excluding hydrogens is 212 g/mol. The maximum absolute atomic E-state index is 11.5. The first-order valence-electron chi connectivity index (χ1n) is 4.76. The van der Waals surface area contributed by atoms with Crippen LogP contribution in [0, 0.1) is 6.92 Å². The van der Waals surface area contributed by atoms with Gasteiger partial charge in [0.1, 0.15) is 10.6 Å². The fraction of sp³-hybridized carbons (Fsp3) is 0.600. The Labute approximate surface area is 93.4 Å². The molecule has 0 bridgehead atoms. The molecular formula is C10H16N2O2S. The summed E-state index contributed by atoms with van der Waals surface area (Å²) in [5.74, 6) is -0.386. The van der Waals surface area contributed by atoms with Crippen molar-refractivity contribution in [3.05, 3.63) is 16.1 Å². The Kier molecular flexibility index (Phi) is 3.46. The predicted molar refractivity (Wildman–Crippen MR) is 59.7 cm³/mol. The number of hydrogen-bond acceptors (Lipinski definition) is 4. The summed E-state index contributed by atoms with van der Waals surface area (Å²) in [6.45, 7) is 6.68. The minimum atomic E-state index is -1.35. The molecule has 0 saturated heterocycles. The minimum absolute atomic E-state index is 0.164. The van der Waals surface area contributed by atoms with Crippen LogP contribution in [0.4, 0.5) is 0 Å². The molecule has 0 radical (unpaired) electrons. The summed E-state index contributed by atoms with van der Waals surface area (Å²) in [7, 11) is 0. The van der Waals surface area contributed by atoms with Crippen molar-refractivity contribution in [2.24, 2.45) is 0 Å². The number of nitrogens with zero attached hydrogens (tertiary/aromatic N) is 1. The van der Waals surface area contributed by atoms with Gasteiger partial charge in [0.2, 0.25) is 0 Å². The summed E-state index contributed by atoms with van der Waals surface area (Å²) in [6.07, 6.45) is 0. The number of aromatic nitrogens is 1. The standard InChI is InChI=1S/C10H16N2O2S/c1-6-5-15-8(11-6)7(2)12-9(13)10(3,4)14/h5,7,14H,1-4H3,(H,12,13). The Morgan fingerprint density at radius 3 is 2.67 bits per heavy atom. The van der Waals surface area contributed by atoms with E-state index in [1.165, 1.54) is 25.2 Å². The van der Waals surface area contributed by atoms with Crippen molar-refractivity contribution in [1.82, 2.24) is 10.3 Å². The first-order valence-corrected chi connectivity index (χ1v) is 5.64. The topological polar surface area (TPSA) is 62.2 Å². The van der Waals surface area contributed by atoms with E-state index >= 15 is 0 Å². The highest BCUT2D eigenvalue weighted by molar-refractivity contribution is 7.09. The third-order valence-corrected chi connectivity index (χ3v) is 3.06. The molecule has 4 nitrogen and oxygen atoms in total. The molecule has 1 atom stereocenters. The quantitative estimate of drug-likeness (QED) is 0.822. The van der Waals surface area contributed by atoms with E-state index in [0.717, 1.165) is 10.7 Å². The molecule has 5 heteroatoms. The number of nitrogens with one attached hydrogen (secondary N) is 1. The summed E-state index contributed by atoms with van der Waals surface area (Å²) in [4.78, 5) is 15.7. The van der Waals surface area contributed by atoms with Gasteiger partial charge in [-0.3, -0.25) is 4.79 Å². The van der Waals surface area contributed by atoms with Gasteiger partial charge in [-0.1, -0.05) is 0 Å². The van der Waals surface area contributed by atoms with Crippen LogP contribution in [0.25, 0.3) is 0 Å². The van der Waals surface area contributed by atoms with Crippen molar-refractivity contribution < 1.29 is 9.90 Å². The van der Waals surface area contributed by atoms with Gasteiger partial charge in [-0.05, 0) is 27.7 Å². The van der Waals surface area contributed by atoms with Crippen molar-refractivity contribution >= 4 is 17.2 Å². The Balaban J connectivity index is 2.64. The van der Waals surface area contributed by atoms with Gasteiger partial charge in [0.25, 0.3) is 5.91 Å². The number of thiazole rings is 1. The summed E-state index contributed by atoms with van der Waals surface area (Å²) in [5, 5.41) is 15.0. The monoisotopic (exact) mass is 228 g/mol. The molecule has 84 valence electrons. The molecule has 0 aliphatic heterocycles. The molecule has 15 heavy (non-hydrogen) atoms. The van der Waals surface area contributed by atoms with E-state index in [1.807, 2.05) is 19.2 Å². The smallest absolute Gasteiger partial charge is 0.251 e. The van der Waals surface area contributed by atoms with Crippen molar-refractivity contribution in [3.63, 3.8) is 0 Å². The van der Waals surface area contributed by atoms with Crippen LogP contribution < -0.4 is 5.32 Å². The number of aryl methyl sites for hydroxylation is 1. The summed E-state index contributed by atoms with van der Waals surface area (Å²) in [5.41, 5.74) is -0.403. The van der Waals surface area contributed by atoms with E-state index in [0.29, 0.717) is 0 Å². The summed E-state index contributed by atoms with van der Waals surface area (Å²) >= 11 is 1.50. The summed E-state index contributed by atoms with van der Waals surface area (Å²) in [6, 6.07) is -0.164. The van der Waals surface area contributed by atoms with Gasteiger partial charge >= 0.3 is 0 Å². The highest BCUT2D eigenvalue weighted by Crippen LogP contribution is 2.18. The van der Waals surface area contributed by atoms with Crippen LogP contribution in [0.3, 0.4) is 0 Å². The van der Waals surface area contributed by atoms with Crippen molar-refractivity contribution in [3.8, 4) is 0 Å². The molecule has 1 amide bonds. The molecule has 1 heterocycles. The maximum atomic E-state index is 11.5. The van der Waals surface area contributed by atoms with E-state index < -0.39 is 5.60 Å². The van der Waals surface area contributed by atoms with Crippen LogP contribution in [0.2, 0.25) is 0 Å². The number of rotatable bonds is 3. The number of aliphatic hydroxyl groups is 1. The average molecular weight is 228 g/mol. The van der Waals surface area contributed by atoms with Gasteiger partial charge in [-0.2, -0.15) is 0 Å². The molecule has 1 aromatic rings. The van der Waals surface area contributed by atoms with Crippen LogP contribution in [0.5, 0.6) is 0 Å². The Morgan fingerprint density at radius 2 is 2.27 bits per heavy atom. The zero-order chi connectivity index (χ0) is 11.6. The average Bonchev–Trinajstić information content (AvgIpc) is 2.50. The van der Waals surface area contributed by atoms with Gasteiger partial charge in [-0.15, -0.1) is 11.3 Å². The van der Waals surface area contributed by atoms with Crippen molar-refractivity contribution in [2.75, 3.05) is 0 Å². The van der Waals surface area contributed by atoms with Gasteiger partial charge < -0.3 is 10.4 Å². The first kappa shape index (κ1) is 12.1. The second-order valence-corrected chi connectivity index (χ2v) is 4.97. The number of hydrogen-bond donors (Lipinski definition) is 2. The zero-order valence-electron chi connectivity index (χ0n) is 9.37. The van der Waals surface area contributed by atoms with E-state index in [9.17, 15) is 9.90 Å². The van der Waals surface area contributed by atoms with Crippen molar-refractivity contribution in [2.45, 2.75) is 39.3 Å². The van der Waals surface area contributed by atoms with E-state index in [4.69, 9.17) is 0 Å². The van der Waals surface area contributed by atoms with Gasteiger partial charge in [0.05, 0.1) is 6.04 Å². The van der Waals surface area contributed by atoms with E-state index in [1.54, 1.807) is 0 Å². The van der Waals surface area contributed by atoms with Gasteiger partial charge in [0.15, 0.2) is 0 Å². The van der Waals surface area contributed by atoms with E-state index in [-0.39, 0.29) is 11.9 Å². The molecule has 0 aliphatic carbocycles. The predicted octanol–water partition coefficient (Wildman–Crippen LogP) is 1.40. The molecule has 0 spiro atoms. The lowest BCUT2D eigenvalue weighted by Crippen LogP contribution is -2.42. The van der Waals surface area contributed by atoms with Crippen LogP contribution in [-0.4, -0.2) is 21.6 Å². The number of carbonyl (C=O) groups is 1. The Hall–Kier alpha value is -0.940. The summed E-state index contributed by atoms with van der Waals surface area (Å²) < 4.78 is 0. The lowest BCUT2D eigenvalue weighted by molar-refractivity contribution is -0.137. The second-order valence-electron chi connectivity index (χ2n) is 4.08. The molecule has 0 aliphatic rings. The molecule has 0 saturated carbocycles. The highest BCUT2D eigenvalue weighted by Gasteiger charge is 2.25. The van der Waals surface area contributed by atoms with Gasteiger partial charge in [-0.25, -0.2) is 4.98 Å². The minimum Gasteiger partial charge on any atom is -0.381 e. The molecule has 1 aromatic heterocycles. The Bertz CT molecular complexity index is 355. The van der Waals surface area contributed by atoms with Crippen molar-refractivity contribution in [1.29, 1.82) is 0 Å². The molecule has 2 N–H and O–H groups in total. The van der Waals surface area contributed by atoms with Gasteiger partial charge in [0, 0.05) is 11.1 Å². The molecule has 0 fully saturated rings. The second kappa shape index (κ2) is 4.28. The zero-order valence-corrected chi connectivity index (χ0v) is 10.2. The Morgan fingerprint density at radius 1 is 1.67 bits per heavy atom. The fourth-order valence-corrected chi connectivity index (χ4v) is 1.81. The van der Waals surface area contributed by atoms with E-state index in [2.05, 4.69) is 10.3 Å². The normalized spacial score (nSPS) is 13.7. The lowest BCUT2D eigenvalue weighted by Gasteiger charge is -2.19. The first-order chi connectivity index (χ1) is 6.80. The number of carbonyl (C=O) groups excluding carboxylic acids is 1. The SMILES string of the molecule is Cc1csc(C(C)NC(=O)C(C)(C)O)n1. The highest BCUT2D eigenvalue weighted by atomic mass is 32.1. The van der Waals surface area contributed by atoms with Crippen LogP contribution in [-0.2, 0) is 4.79 Å². The third kappa shape index (κ3) is 3.28. The largest absolute Gasteiger partial charge is 0.381 e. The molecule has 0 aromatic carbocycles. The van der Waals surface area contributed by atoms with Crippen LogP contribution in [0.15, 0.2) is 5.38 Å². The lowest BCUT2D eigenvalue weighted by atomic mass is 10.1. The fourth-order valence-electron chi connectivity index (χ4n) is 1.01. The van der Waals surface area contributed by atoms with Crippen LogP contribution in [0.1, 0.15) is 37.5 Å². The maximum Gasteiger partial charge on any atom is 0.251 e.